The Bertz CT molecular complexity index is 613. The van der Waals surface area contributed by atoms with Crippen LogP contribution >= 0.6 is 0 Å². The number of nitrogens with zero attached hydrogens (tertiary/aromatic N) is 2. The predicted octanol–water partition coefficient (Wildman–Crippen LogP) is 6.17. The molecule has 142 valence electrons. The van der Waals surface area contributed by atoms with Crippen molar-refractivity contribution in [3.63, 3.8) is 0 Å². The first-order valence-corrected chi connectivity index (χ1v) is 9.91. The highest BCUT2D eigenvalue weighted by atomic mass is 19.1. The number of hydrogen-bond acceptors (Lipinski definition) is 3. The van der Waals surface area contributed by atoms with E-state index in [1.54, 1.807) is 0 Å². The van der Waals surface area contributed by atoms with Crippen LogP contribution in [0.15, 0.2) is 36.7 Å². The Hall–Kier alpha value is -1.97. The van der Waals surface area contributed by atoms with Crippen LogP contribution in [0.1, 0.15) is 64.4 Å². The fourth-order valence-electron chi connectivity index (χ4n) is 2.78. The summed E-state index contributed by atoms with van der Waals surface area (Å²) in [7, 11) is 0. The predicted molar refractivity (Wildman–Crippen MR) is 105 cm³/mol. The van der Waals surface area contributed by atoms with Gasteiger partial charge in [0.1, 0.15) is 18.5 Å². The molecule has 1 heterocycles. The number of alkyl halides is 1. The maximum absolute atomic E-state index is 13.6. The zero-order valence-electron chi connectivity index (χ0n) is 16.1. The number of ether oxygens (including phenoxy) is 1. The lowest BCUT2D eigenvalue weighted by atomic mass is 10.1. The van der Waals surface area contributed by atoms with Crippen molar-refractivity contribution in [1.29, 1.82) is 0 Å². The average Bonchev–Trinajstić information content (AvgIpc) is 2.69. The summed E-state index contributed by atoms with van der Waals surface area (Å²) >= 11 is 0. The molecule has 0 spiro atoms. The van der Waals surface area contributed by atoms with E-state index in [0.29, 0.717) is 18.0 Å². The van der Waals surface area contributed by atoms with Crippen molar-refractivity contribution in [2.75, 3.05) is 6.61 Å². The third-order valence-electron chi connectivity index (χ3n) is 4.44. The van der Waals surface area contributed by atoms with Crippen LogP contribution in [0.3, 0.4) is 0 Å². The molecule has 2 rings (SSSR count). The van der Waals surface area contributed by atoms with Crippen molar-refractivity contribution in [1.82, 2.24) is 9.97 Å². The number of aromatic nitrogens is 2. The van der Waals surface area contributed by atoms with E-state index in [2.05, 4.69) is 23.8 Å². The molecule has 0 amide bonds. The number of unbranched alkanes of at least 4 members (excludes halogenated alkanes) is 4. The molecule has 1 aromatic carbocycles. The molecule has 4 heteroatoms. The number of aryl methyl sites for hydroxylation is 1. The van der Waals surface area contributed by atoms with Crippen molar-refractivity contribution < 1.29 is 9.13 Å². The highest BCUT2D eigenvalue weighted by molar-refractivity contribution is 5.55. The summed E-state index contributed by atoms with van der Waals surface area (Å²) in [4.78, 5) is 8.95. The summed E-state index contributed by atoms with van der Waals surface area (Å²) in [6.07, 6.45) is 11.4. The molecule has 1 aromatic heterocycles. The minimum atomic E-state index is -0.900. The normalized spacial score (nSPS) is 12.1. The summed E-state index contributed by atoms with van der Waals surface area (Å²) < 4.78 is 19.2. The second-order valence-electron chi connectivity index (χ2n) is 6.80. The quantitative estimate of drug-likeness (QED) is 0.425. The van der Waals surface area contributed by atoms with Crippen molar-refractivity contribution in [3.8, 4) is 17.1 Å². The maximum atomic E-state index is 13.6. The smallest absolute Gasteiger partial charge is 0.159 e. The molecule has 3 nitrogen and oxygen atoms in total. The highest BCUT2D eigenvalue weighted by Gasteiger charge is 2.07. The van der Waals surface area contributed by atoms with E-state index in [9.17, 15) is 4.39 Å². The summed E-state index contributed by atoms with van der Waals surface area (Å²) in [6, 6.07) is 7.55. The molecule has 1 unspecified atom stereocenters. The molecule has 0 aliphatic heterocycles. The van der Waals surface area contributed by atoms with Crippen molar-refractivity contribution in [3.05, 3.63) is 42.2 Å². The van der Waals surface area contributed by atoms with Gasteiger partial charge in [0.2, 0.25) is 0 Å². The van der Waals surface area contributed by atoms with Crippen LogP contribution in [0.5, 0.6) is 5.75 Å². The second kappa shape index (κ2) is 11.6. The van der Waals surface area contributed by atoms with E-state index < -0.39 is 6.17 Å². The Morgan fingerprint density at radius 2 is 1.62 bits per heavy atom. The number of halogens is 1. The molecular formula is C22H31FN2O. The van der Waals surface area contributed by atoms with E-state index in [4.69, 9.17) is 4.74 Å². The molecular weight excluding hydrogens is 327 g/mol. The lowest BCUT2D eigenvalue weighted by Gasteiger charge is -2.10. The molecule has 0 saturated heterocycles. The molecule has 1 atom stereocenters. The van der Waals surface area contributed by atoms with Gasteiger partial charge in [-0.15, -0.1) is 0 Å². The van der Waals surface area contributed by atoms with E-state index >= 15 is 0 Å². The SMILES string of the molecule is CCCCCCc1cnc(-c2ccc(OCC(F)CCCC)cc2)nc1. The van der Waals surface area contributed by atoms with Gasteiger partial charge in [-0.05, 0) is 49.1 Å². The van der Waals surface area contributed by atoms with E-state index in [0.717, 1.165) is 24.8 Å². The first-order valence-electron chi connectivity index (χ1n) is 9.91. The van der Waals surface area contributed by atoms with Gasteiger partial charge >= 0.3 is 0 Å². The van der Waals surface area contributed by atoms with Crippen LogP contribution in [-0.2, 0) is 6.42 Å². The number of benzene rings is 1. The van der Waals surface area contributed by atoms with Gasteiger partial charge in [-0.25, -0.2) is 14.4 Å². The maximum Gasteiger partial charge on any atom is 0.159 e. The monoisotopic (exact) mass is 358 g/mol. The summed E-state index contributed by atoms with van der Waals surface area (Å²) in [5.41, 5.74) is 2.13. The molecule has 0 fully saturated rings. The topological polar surface area (TPSA) is 35.0 Å². The van der Waals surface area contributed by atoms with Gasteiger partial charge in [0.05, 0.1) is 0 Å². The molecule has 0 aliphatic carbocycles. The molecule has 2 aromatic rings. The zero-order chi connectivity index (χ0) is 18.6. The van der Waals surface area contributed by atoms with Gasteiger partial charge in [-0.1, -0.05) is 46.0 Å². The Labute approximate surface area is 157 Å². The van der Waals surface area contributed by atoms with Gasteiger partial charge in [-0.2, -0.15) is 0 Å². The van der Waals surface area contributed by atoms with Crippen LogP contribution in [-0.4, -0.2) is 22.7 Å². The van der Waals surface area contributed by atoms with E-state index in [1.165, 1.54) is 31.2 Å². The van der Waals surface area contributed by atoms with Crippen LogP contribution in [0.2, 0.25) is 0 Å². The minimum absolute atomic E-state index is 0.114. The average molecular weight is 359 g/mol. The van der Waals surface area contributed by atoms with Crippen molar-refractivity contribution >= 4 is 0 Å². The van der Waals surface area contributed by atoms with E-state index in [-0.39, 0.29) is 6.61 Å². The molecule has 0 N–H and O–H groups in total. The zero-order valence-corrected chi connectivity index (χ0v) is 16.1. The van der Waals surface area contributed by atoms with Gasteiger partial charge in [-0.3, -0.25) is 0 Å². The van der Waals surface area contributed by atoms with E-state index in [1.807, 2.05) is 36.7 Å². The third kappa shape index (κ3) is 7.11. The van der Waals surface area contributed by atoms with Gasteiger partial charge < -0.3 is 4.74 Å². The lowest BCUT2D eigenvalue weighted by Crippen LogP contribution is -2.12. The first kappa shape index (κ1) is 20.3. The molecule has 0 bridgehead atoms. The summed E-state index contributed by atoms with van der Waals surface area (Å²) in [5.74, 6) is 1.39. The van der Waals surface area contributed by atoms with Gasteiger partial charge in [0, 0.05) is 18.0 Å². The Morgan fingerprint density at radius 3 is 2.27 bits per heavy atom. The lowest BCUT2D eigenvalue weighted by molar-refractivity contribution is 0.184. The summed E-state index contributed by atoms with van der Waals surface area (Å²) in [5, 5.41) is 0. The molecule has 0 radical (unpaired) electrons. The fraction of sp³-hybridized carbons (Fsp3) is 0.545. The van der Waals surface area contributed by atoms with Crippen LogP contribution in [0, 0.1) is 0 Å². The number of rotatable bonds is 12. The van der Waals surface area contributed by atoms with Crippen LogP contribution in [0.25, 0.3) is 11.4 Å². The first-order chi connectivity index (χ1) is 12.7. The van der Waals surface area contributed by atoms with Gasteiger partial charge in [0.25, 0.3) is 0 Å². The van der Waals surface area contributed by atoms with Crippen molar-refractivity contribution in [2.24, 2.45) is 0 Å². The molecule has 0 saturated carbocycles. The van der Waals surface area contributed by atoms with Crippen LogP contribution < -0.4 is 4.74 Å². The molecule has 0 aliphatic rings. The molecule has 26 heavy (non-hydrogen) atoms. The fourth-order valence-corrected chi connectivity index (χ4v) is 2.78. The minimum Gasteiger partial charge on any atom is -0.491 e. The Kier molecular flexibility index (Phi) is 9.08. The highest BCUT2D eigenvalue weighted by Crippen LogP contribution is 2.20. The number of hydrogen-bond donors (Lipinski definition) is 0. The van der Waals surface area contributed by atoms with Crippen LogP contribution in [0.4, 0.5) is 4.39 Å². The Balaban J connectivity index is 1.83. The third-order valence-corrected chi connectivity index (χ3v) is 4.44. The second-order valence-corrected chi connectivity index (χ2v) is 6.80. The summed E-state index contributed by atoms with van der Waals surface area (Å²) in [6.45, 7) is 4.40. The Morgan fingerprint density at radius 1 is 0.923 bits per heavy atom. The van der Waals surface area contributed by atoms with Gasteiger partial charge in [0.15, 0.2) is 5.82 Å². The standard InChI is InChI=1S/C22H31FN2O/c1-3-5-7-8-9-18-15-24-22(25-16-18)19-11-13-21(14-12-19)26-17-20(23)10-6-4-2/h11-16,20H,3-10,17H2,1-2H3. The van der Waals surface area contributed by atoms with Crippen molar-refractivity contribution in [2.45, 2.75) is 71.4 Å². The largest absolute Gasteiger partial charge is 0.491 e.